The molecule has 162 valence electrons. The van der Waals surface area contributed by atoms with E-state index in [9.17, 15) is 13.2 Å². The maximum Gasteiger partial charge on any atom is 0.335 e. The number of esters is 1. The summed E-state index contributed by atoms with van der Waals surface area (Å²) in [6.07, 6.45) is 4.74. The lowest BCUT2D eigenvalue weighted by Crippen LogP contribution is -2.27. The molecular weight excluding hydrogens is 406 g/mol. The Morgan fingerprint density at radius 3 is 2.33 bits per heavy atom. The van der Waals surface area contributed by atoms with Crippen molar-refractivity contribution in [2.75, 3.05) is 31.8 Å². The maximum absolute atomic E-state index is 11.8. The average molecular weight is 434 g/mol. The summed E-state index contributed by atoms with van der Waals surface area (Å²) in [4.78, 5) is 11.8. The minimum atomic E-state index is -3.52. The molecule has 1 unspecified atom stereocenters. The Balaban J connectivity index is 1.83. The molecule has 7 nitrogen and oxygen atoms in total. The van der Waals surface area contributed by atoms with E-state index in [0.29, 0.717) is 19.6 Å². The van der Waals surface area contributed by atoms with E-state index in [1.807, 2.05) is 36.4 Å². The van der Waals surface area contributed by atoms with E-state index in [0.717, 1.165) is 23.1 Å². The van der Waals surface area contributed by atoms with Gasteiger partial charge in [-0.15, -0.1) is 0 Å². The number of anilines is 1. The summed E-state index contributed by atoms with van der Waals surface area (Å²) in [5.41, 5.74) is 2.86. The molecule has 0 aromatic heterocycles. The van der Waals surface area contributed by atoms with Gasteiger partial charge in [-0.3, -0.25) is 0 Å². The molecule has 2 aromatic rings. The van der Waals surface area contributed by atoms with Crippen molar-refractivity contribution in [2.45, 2.75) is 19.4 Å². The van der Waals surface area contributed by atoms with Crippen molar-refractivity contribution in [3.63, 3.8) is 0 Å². The van der Waals surface area contributed by atoms with Gasteiger partial charge in [-0.25, -0.2) is 4.79 Å². The van der Waals surface area contributed by atoms with Gasteiger partial charge in [-0.05, 0) is 42.3 Å². The monoisotopic (exact) mass is 433 g/mol. The first-order chi connectivity index (χ1) is 14.3. The van der Waals surface area contributed by atoms with Crippen LogP contribution in [-0.4, -0.2) is 47.0 Å². The number of hydrogen-bond donors (Lipinski definition) is 1. The molecule has 0 aliphatic rings. The third kappa shape index (κ3) is 8.26. The number of carbonyl (C=O) groups is 1. The van der Waals surface area contributed by atoms with Crippen molar-refractivity contribution in [3.8, 4) is 5.75 Å². The largest absolute Gasteiger partial charge is 0.464 e. The lowest BCUT2D eigenvalue weighted by atomic mass is 10.1. The smallest absolute Gasteiger partial charge is 0.335 e. The van der Waals surface area contributed by atoms with Crippen LogP contribution in [0, 0.1) is 0 Å². The highest BCUT2D eigenvalue weighted by atomic mass is 32.2. The number of nitrogens with one attached hydrogen (secondary N) is 1. The summed E-state index contributed by atoms with van der Waals surface area (Å²) < 4.78 is 37.2. The normalized spacial score (nSPS) is 12.5. The molecule has 0 amide bonds. The zero-order valence-electron chi connectivity index (χ0n) is 17.3. The van der Waals surface area contributed by atoms with Crippen LogP contribution >= 0.6 is 0 Å². The van der Waals surface area contributed by atoms with E-state index in [1.165, 1.54) is 7.11 Å². The van der Waals surface area contributed by atoms with Gasteiger partial charge in [-0.2, -0.15) is 8.42 Å². The van der Waals surface area contributed by atoms with E-state index < -0.39 is 16.2 Å². The van der Waals surface area contributed by atoms with Crippen LogP contribution in [0.5, 0.6) is 5.75 Å². The third-order valence-electron chi connectivity index (χ3n) is 4.07. The SMILES string of the molecule is CCOC(=O)C(Cc1ccc(NC/C=C/c2ccc(OS(C)(=O)=O)cc2)cc1)OC. The molecule has 0 bridgehead atoms. The summed E-state index contributed by atoms with van der Waals surface area (Å²) in [6.45, 7) is 2.71. The lowest BCUT2D eigenvalue weighted by Gasteiger charge is -2.14. The van der Waals surface area contributed by atoms with Crippen LogP contribution in [0.25, 0.3) is 6.08 Å². The van der Waals surface area contributed by atoms with E-state index >= 15 is 0 Å². The summed E-state index contributed by atoms with van der Waals surface area (Å²) in [7, 11) is -2.02. The molecule has 0 aliphatic heterocycles. The molecular formula is C22H27NO6S. The molecule has 0 heterocycles. The molecule has 0 spiro atoms. The summed E-state index contributed by atoms with van der Waals surface area (Å²) in [5, 5.41) is 3.28. The third-order valence-corrected chi connectivity index (χ3v) is 4.57. The second-order valence-corrected chi connectivity index (χ2v) is 8.09. The van der Waals surface area contributed by atoms with Crippen LogP contribution < -0.4 is 9.50 Å². The topological polar surface area (TPSA) is 90.9 Å². The van der Waals surface area contributed by atoms with Crippen molar-refractivity contribution >= 4 is 27.9 Å². The maximum atomic E-state index is 11.8. The molecule has 0 radical (unpaired) electrons. The van der Waals surface area contributed by atoms with Gasteiger partial charge >= 0.3 is 16.1 Å². The Labute approximate surface area is 177 Å². The van der Waals surface area contributed by atoms with Crippen molar-refractivity contribution in [1.29, 1.82) is 0 Å². The van der Waals surface area contributed by atoms with Gasteiger partial charge in [0.2, 0.25) is 0 Å². The number of methoxy groups -OCH3 is 1. The predicted molar refractivity (Wildman–Crippen MR) is 117 cm³/mol. The number of benzene rings is 2. The second-order valence-electron chi connectivity index (χ2n) is 6.52. The van der Waals surface area contributed by atoms with E-state index in [4.69, 9.17) is 13.7 Å². The Kier molecular flexibility index (Phi) is 8.89. The van der Waals surface area contributed by atoms with Crippen LogP contribution in [0.4, 0.5) is 5.69 Å². The van der Waals surface area contributed by atoms with Gasteiger partial charge in [0.25, 0.3) is 0 Å². The van der Waals surface area contributed by atoms with Gasteiger partial charge in [0.15, 0.2) is 6.10 Å². The molecule has 0 aliphatic carbocycles. The zero-order chi connectivity index (χ0) is 22.0. The lowest BCUT2D eigenvalue weighted by molar-refractivity contribution is -0.154. The number of hydrogen-bond acceptors (Lipinski definition) is 7. The molecule has 1 N–H and O–H groups in total. The minimum Gasteiger partial charge on any atom is -0.464 e. The number of rotatable bonds is 11. The molecule has 0 saturated heterocycles. The molecule has 0 saturated carbocycles. The van der Waals surface area contributed by atoms with E-state index in [-0.39, 0.29) is 11.7 Å². The van der Waals surface area contributed by atoms with Crippen LogP contribution in [0.3, 0.4) is 0 Å². The molecule has 0 fully saturated rings. The van der Waals surface area contributed by atoms with Gasteiger partial charge in [0.05, 0.1) is 12.9 Å². The van der Waals surface area contributed by atoms with Crippen LogP contribution in [0.2, 0.25) is 0 Å². The molecule has 8 heteroatoms. The average Bonchev–Trinajstić information content (AvgIpc) is 2.70. The number of ether oxygens (including phenoxy) is 2. The quantitative estimate of drug-likeness (QED) is 0.430. The predicted octanol–water partition coefficient (Wildman–Crippen LogP) is 3.27. The van der Waals surface area contributed by atoms with Crippen LogP contribution in [0.1, 0.15) is 18.1 Å². The van der Waals surface area contributed by atoms with Crippen LogP contribution in [-0.2, 0) is 30.8 Å². The summed E-state index contributed by atoms with van der Waals surface area (Å²) >= 11 is 0. The first kappa shape index (κ1) is 23.4. The molecule has 30 heavy (non-hydrogen) atoms. The first-order valence-electron chi connectivity index (χ1n) is 9.49. The van der Waals surface area contributed by atoms with Crippen molar-refractivity contribution in [3.05, 3.63) is 65.7 Å². The highest BCUT2D eigenvalue weighted by Crippen LogP contribution is 2.15. The van der Waals surface area contributed by atoms with Gasteiger partial charge in [0, 0.05) is 25.8 Å². The highest BCUT2D eigenvalue weighted by molar-refractivity contribution is 7.86. The minimum absolute atomic E-state index is 0.284. The fourth-order valence-electron chi connectivity index (χ4n) is 2.65. The zero-order valence-corrected chi connectivity index (χ0v) is 18.1. The first-order valence-corrected chi connectivity index (χ1v) is 11.3. The van der Waals surface area contributed by atoms with Crippen molar-refractivity contribution < 1.29 is 26.9 Å². The second kappa shape index (κ2) is 11.4. The fourth-order valence-corrected chi connectivity index (χ4v) is 3.11. The molecule has 1 atom stereocenters. The highest BCUT2D eigenvalue weighted by Gasteiger charge is 2.19. The molecule has 2 aromatic carbocycles. The standard InChI is InChI=1S/C22H27NO6S/c1-4-28-22(24)21(27-2)16-18-7-11-19(12-8-18)23-15-5-6-17-9-13-20(14-10-17)29-30(3,25)26/h5-14,21,23H,4,15-16H2,1-3H3/b6-5+. The van der Waals surface area contributed by atoms with E-state index in [1.54, 1.807) is 31.2 Å². The van der Waals surface area contributed by atoms with E-state index in [2.05, 4.69) is 5.32 Å². The Morgan fingerprint density at radius 2 is 1.77 bits per heavy atom. The Morgan fingerprint density at radius 1 is 1.10 bits per heavy atom. The van der Waals surface area contributed by atoms with Crippen molar-refractivity contribution in [2.24, 2.45) is 0 Å². The Hall–Kier alpha value is -2.84. The van der Waals surface area contributed by atoms with Gasteiger partial charge in [-0.1, -0.05) is 36.4 Å². The fraction of sp³-hybridized carbons (Fsp3) is 0.318. The van der Waals surface area contributed by atoms with Gasteiger partial charge < -0.3 is 19.0 Å². The summed E-state index contributed by atoms with van der Waals surface area (Å²) in [5.74, 6) is -0.0743. The van der Waals surface area contributed by atoms with Crippen LogP contribution in [0.15, 0.2) is 54.6 Å². The van der Waals surface area contributed by atoms with Crippen molar-refractivity contribution in [1.82, 2.24) is 0 Å². The Bertz CT molecular complexity index is 937. The molecule has 2 rings (SSSR count). The number of carbonyl (C=O) groups excluding carboxylic acids is 1. The van der Waals surface area contributed by atoms with Gasteiger partial charge in [0.1, 0.15) is 5.75 Å². The summed E-state index contributed by atoms with van der Waals surface area (Å²) in [6, 6.07) is 14.5.